The van der Waals surface area contributed by atoms with Crippen molar-refractivity contribution in [2.45, 2.75) is 45.3 Å². The first-order valence-corrected chi connectivity index (χ1v) is 5.56. The number of hydrogen-bond donors (Lipinski definition) is 1. The van der Waals surface area contributed by atoms with Crippen LogP contribution in [-0.4, -0.2) is 11.1 Å². The van der Waals surface area contributed by atoms with Gasteiger partial charge in [0.05, 0.1) is 12.3 Å². The van der Waals surface area contributed by atoms with Crippen LogP contribution < -0.4 is 10.5 Å². The van der Waals surface area contributed by atoms with Crippen molar-refractivity contribution in [2.24, 2.45) is 5.73 Å². The maximum Gasteiger partial charge on any atom is 0.141 e. The molecule has 1 aromatic heterocycles. The number of aromatic nitrogens is 1. The van der Waals surface area contributed by atoms with E-state index in [4.69, 9.17) is 10.5 Å². The van der Waals surface area contributed by atoms with Gasteiger partial charge in [0, 0.05) is 18.3 Å². The second-order valence-corrected chi connectivity index (χ2v) is 4.39. The Kier molecular flexibility index (Phi) is 2.91. The summed E-state index contributed by atoms with van der Waals surface area (Å²) in [5, 5.41) is 0. The van der Waals surface area contributed by atoms with E-state index in [1.54, 1.807) is 0 Å². The van der Waals surface area contributed by atoms with Crippen molar-refractivity contribution in [1.82, 2.24) is 4.98 Å². The molecule has 1 aliphatic rings. The van der Waals surface area contributed by atoms with E-state index in [0.29, 0.717) is 18.6 Å². The molecule has 1 saturated carbocycles. The first-order valence-electron chi connectivity index (χ1n) is 5.56. The molecule has 0 bridgehead atoms. The van der Waals surface area contributed by atoms with Crippen molar-refractivity contribution < 1.29 is 4.74 Å². The lowest BCUT2D eigenvalue weighted by molar-refractivity contribution is 0.297. The summed E-state index contributed by atoms with van der Waals surface area (Å²) < 4.78 is 5.84. The van der Waals surface area contributed by atoms with E-state index < -0.39 is 0 Å². The molecule has 1 heterocycles. The highest BCUT2D eigenvalue weighted by Gasteiger charge is 2.25. The SMILES string of the molecule is CC(C)c1c(CN)cncc1OC1CC1. The molecule has 0 aliphatic heterocycles. The molecule has 0 amide bonds. The van der Waals surface area contributed by atoms with Gasteiger partial charge in [-0.3, -0.25) is 4.98 Å². The standard InChI is InChI=1S/C12H18N2O/c1-8(2)12-9(5-13)6-14-7-11(12)15-10-3-4-10/h6-8,10H,3-5,13H2,1-2H3. The van der Waals surface area contributed by atoms with Gasteiger partial charge in [-0.25, -0.2) is 0 Å². The molecule has 3 nitrogen and oxygen atoms in total. The third-order valence-corrected chi connectivity index (χ3v) is 2.65. The van der Waals surface area contributed by atoms with Crippen LogP contribution in [0.5, 0.6) is 5.75 Å². The van der Waals surface area contributed by atoms with Gasteiger partial charge in [-0.05, 0) is 24.3 Å². The Bertz CT molecular complexity index is 345. The summed E-state index contributed by atoms with van der Waals surface area (Å²) in [7, 11) is 0. The predicted octanol–water partition coefficient (Wildman–Crippen LogP) is 2.20. The van der Waals surface area contributed by atoms with Crippen molar-refractivity contribution >= 4 is 0 Å². The quantitative estimate of drug-likeness (QED) is 0.821. The molecule has 0 saturated heterocycles. The van der Waals surface area contributed by atoms with Crippen LogP contribution in [0.3, 0.4) is 0 Å². The fraction of sp³-hybridized carbons (Fsp3) is 0.583. The summed E-state index contributed by atoms with van der Waals surface area (Å²) in [6.07, 6.45) is 6.41. The molecule has 0 atom stereocenters. The van der Waals surface area contributed by atoms with E-state index in [2.05, 4.69) is 18.8 Å². The summed E-state index contributed by atoms with van der Waals surface area (Å²) in [5.41, 5.74) is 8.03. The molecule has 0 spiro atoms. The van der Waals surface area contributed by atoms with Gasteiger partial charge >= 0.3 is 0 Å². The molecule has 0 radical (unpaired) electrons. The zero-order valence-electron chi connectivity index (χ0n) is 9.36. The lowest BCUT2D eigenvalue weighted by Gasteiger charge is -2.16. The van der Waals surface area contributed by atoms with Crippen LogP contribution in [0, 0.1) is 0 Å². The van der Waals surface area contributed by atoms with Crippen molar-refractivity contribution in [3.05, 3.63) is 23.5 Å². The molecule has 3 heteroatoms. The Morgan fingerprint density at radius 2 is 2.20 bits per heavy atom. The molecular weight excluding hydrogens is 188 g/mol. The number of nitrogens with two attached hydrogens (primary N) is 1. The molecule has 1 aliphatic carbocycles. The van der Waals surface area contributed by atoms with Gasteiger partial charge in [-0.1, -0.05) is 13.8 Å². The van der Waals surface area contributed by atoms with E-state index in [1.807, 2.05) is 12.4 Å². The minimum Gasteiger partial charge on any atom is -0.489 e. The fourth-order valence-electron chi connectivity index (χ4n) is 1.77. The first-order chi connectivity index (χ1) is 7.22. The summed E-state index contributed by atoms with van der Waals surface area (Å²) >= 11 is 0. The summed E-state index contributed by atoms with van der Waals surface area (Å²) in [4.78, 5) is 4.17. The van der Waals surface area contributed by atoms with Crippen LogP contribution in [0.25, 0.3) is 0 Å². The maximum atomic E-state index is 5.84. The minimum atomic E-state index is 0.414. The molecule has 2 N–H and O–H groups in total. The van der Waals surface area contributed by atoms with Gasteiger partial charge in [-0.2, -0.15) is 0 Å². The van der Waals surface area contributed by atoms with E-state index in [1.165, 1.54) is 18.4 Å². The van der Waals surface area contributed by atoms with Gasteiger partial charge in [0.15, 0.2) is 0 Å². The van der Waals surface area contributed by atoms with Gasteiger partial charge in [0.25, 0.3) is 0 Å². The highest BCUT2D eigenvalue weighted by molar-refractivity contribution is 5.39. The van der Waals surface area contributed by atoms with Gasteiger partial charge < -0.3 is 10.5 Å². The fourth-order valence-corrected chi connectivity index (χ4v) is 1.77. The number of hydrogen-bond acceptors (Lipinski definition) is 3. The molecular formula is C12H18N2O. The Hall–Kier alpha value is -1.09. The smallest absolute Gasteiger partial charge is 0.141 e. The van der Waals surface area contributed by atoms with Crippen molar-refractivity contribution in [3.63, 3.8) is 0 Å². The second kappa shape index (κ2) is 4.19. The van der Waals surface area contributed by atoms with Crippen LogP contribution in [0.2, 0.25) is 0 Å². The Balaban J connectivity index is 2.32. The van der Waals surface area contributed by atoms with Crippen molar-refractivity contribution in [1.29, 1.82) is 0 Å². The van der Waals surface area contributed by atoms with Crippen LogP contribution in [0.4, 0.5) is 0 Å². The highest BCUT2D eigenvalue weighted by atomic mass is 16.5. The zero-order valence-corrected chi connectivity index (χ0v) is 9.36. The van der Waals surface area contributed by atoms with Crippen LogP contribution >= 0.6 is 0 Å². The van der Waals surface area contributed by atoms with Gasteiger partial charge in [0.2, 0.25) is 0 Å². The first kappa shape index (κ1) is 10.4. The number of pyridine rings is 1. The number of ether oxygens (including phenoxy) is 1. The molecule has 0 unspecified atom stereocenters. The third kappa shape index (κ3) is 2.29. The average molecular weight is 206 g/mol. The molecule has 1 aromatic rings. The Labute approximate surface area is 90.7 Å². The predicted molar refractivity (Wildman–Crippen MR) is 59.9 cm³/mol. The van der Waals surface area contributed by atoms with Crippen LogP contribution in [0.15, 0.2) is 12.4 Å². The largest absolute Gasteiger partial charge is 0.489 e. The number of nitrogens with zero attached hydrogens (tertiary/aromatic N) is 1. The van der Waals surface area contributed by atoms with Crippen molar-refractivity contribution in [3.8, 4) is 5.75 Å². The lowest BCUT2D eigenvalue weighted by atomic mass is 9.98. The van der Waals surface area contributed by atoms with Crippen LogP contribution in [-0.2, 0) is 6.54 Å². The summed E-state index contributed by atoms with van der Waals surface area (Å²) in [6.45, 7) is 4.85. The van der Waals surface area contributed by atoms with E-state index >= 15 is 0 Å². The topological polar surface area (TPSA) is 48.1 Å². The zero-order chi connectivity index (χ0) is 10.8. The second-order valence-electron chi connectivity index (χ2n) is 4.39. The third-order valence-electron chi connectivity index (χ3n) is 2.65. The van der Waals surface area contributed by atoms with E-state index in [-0.39, 0.29) is 0 Å². The van der Waals surface area contributed by atoms with E-state index in [9.17, 15) is 0 Å². The van der Waals surface area contributed by atoms with Crippen molar-refractivity contribution in [2.75, 3.05) is 0 Å². The van der Waals surface area contributed by atoms with Gasteiger partial charge in [0.1, 0.15) is 5.75 Å². The molecule has 15 heavy (non-hydrogen) atoms. The van der Waals surface area contributed by atoms with Crippen LogP contribution in [0.1, 0.15) is 43.7 Å². The molecule has 2 rings (SSSR count). The molecule has 1 fully saturated rings. The summed E-state index contributed by atoms with van der Waals surface area (Å²) in [5.74, 6) is 1.36. The van der Waals surface area contributed by atoms with Gasteiger partial charge in [-0.15, -0.1) is 0 Å². The molecule has 82 valence electrons. The average Bonchev–Trinajstić information content (AvgIpc) is 3.01. The summed E-state index contributed by atoms with van der Waals surface area (Å²) in [6, 6.07) is 0. The Morgan fingerprint density at radius 1 is 1.47 bits per heavy atom. The lowest BCUT2D eigenvalue weighted by Crippen LogP contribution is -2.08. The van der Waals surface area contributed by atoms with E-state index in [0.717, 1.165) is 11.3 Å². The molecule has 0 aromatic carbocycles. The minimum absolute atomic E-state index is 0.414. The monoisotopic (exact) mass is 206 g/mol. The normalized spacial score (nSPS) is 15.7. The Morgan fingerprint density at radius 3 is 2.73 bits per heavy atom. The maximum absolute atomic E-state index is 5.84. The highest BCUT2D eigenvalue weighted by Crippen LogP contribution is 2.33. The number of rotatable bonds is 4.